The number of halogens is 1. The predicted molar refractivity (Wildman–Crippen MR) is 79.2 cm³/mol. The molecule has 0 unspecified atom stereocenters. The van der Waals surface area contributed by atoms with Gasteiger partial charge >= 0.3 is 0 Å². The smallest absolute Gasteiger partial charge is 0.231 e. The number of thioether (sulfide) groups is 1. The second-order valence-corrected chi connectivity index (χ2v) is 6.42. The SMILES string of the molecule is CC(C)[C@@H]1CSC(=S)N1C(=O)C[C@H](O)/C=C/Br. The van der Waals surface area contributed by atoms with Gasteiger partial charge in [0.15, 0.2) is 0 Å². The van der Waals surface area contributed by atoms with Gasteiger partial charge in [-0.2, -0.15) is 0 Å². The van der Waals surface area contributed by atoms with E-state index < -0.39 is 6.10 Å². The van der Waals surface area contributed by atoms with Crippen LogP contribution < -0.4 is 0 Å². The third-order valence-corrected chi connectivity index (χ3v) is 4.43. The summed E-state index contributed by atoms with van der Waals surface area (Å²) in [5.74, 6) is 1.12. The highest BCUT2D eigenvalue weighted by Gasteiger charge is 2.35. The highest BCUT2D eigenvalue weighted by atomic mass is 79.9. The van der Waals surface area contributed by atoms with Crippen molar-refractivity contribution in [1.82, 2.24) is 4.90 Å². The third-order valence-electron chi connectivity index (χ3n) is 2.62. The van der Waals surface area contributed by atoms with Crippen molar-refractivity contribution >= 4 is 50.1 Å². The number of carbonyl (C=O) groups is 1. The van der Waals surface area contributed by atoms with Crippen LogP contribution in [0.5, 0.6) is 0 Å². The van der Waals surface area contributed by atoms with Crippen LogP contribution in [0.1, 0.15) is 20.3 Å². The lowest BCUT2D eigenvalue weighted by Crippen LogP contribution is -2.42. The predicted octanol–water partition coefficient (Wildman–Crippen LogP) is 2.53. The molecule has 1 heterocycles. The van der Waals surface area contributed by atoms with Crippen molar-refractivity contribution in [1.29, 1.82) is 0 Å². The van der Waals surface area contributed by atoms with Gasteiger partial charge in [0.2, 0.25) is 5.91 Å². The van der Waals surface area contributed by atoms with Gasteiger partial charge in [-0.1, -0.05) is 53.8 Å². The van der Waals surface area contributed by atoms with E-state index in [9.17, 15) is 9.90 Å². The summed E-state index contributed by atoms with van der Waals surface area (Å²) < 4.78 is 0.628. The number of aliphatic hydroxyl groups excluding tert-OH is 1. The maximum atomic E-state index is 12.1. The number of thiocarbonyl (C=S) groups is 1. The zero-order valence-electron chi connectivity index (χ0n) is 9.80. The molecule has 2 atom stereocenters. The van der Waals surface area contributed by atoms with Gasteiger partial charge in [0.25, 0.3) is 0 Å². The maximum absolute atomic E-state index is 12.1. The first kappa shape index (κ1) is 15.1. The first-order valence-electron chi connectivity index (χ1n) is 5.41. The highest BCUT2D eigenvalue weighted by Crippen LogP contribution is 2.29. The number of hydrogen-bond donors (Lipinski definition) is 1. The van der Waals surface area contributed by atoms with Crippen molar-refractivity contribution in [3.63, 3.8) is 0 Å². The van der Waals surface area contributed by atoms with Gasteiger partial charge in [0, 0.05) is 11.8 Å². The van der Waals surface area contributed by atoms with Crippen LogP contribution in [0.2, 0.25) is 0 Å². The normalized spacial score (nSPS) is 22.8. The molecule has 96 valence electrons. The second kappa shape index (κ2) is 6.87. The number of carbonyl (C=O) groups excluding carboxylic acids is 1. The molecule has 0 aromatic rings. The molecule has 0 spiro atoms. The van der Waals surface area contributed by atoms with E-state index in [0.29, 0.717) is 10.2 Å². The summed E-state index contributed by atoms with van der Waals surface area (Å²) in [6.45, 7) is 4.16. The van der Waals surface area contributed by atoms with Crippen molar-refractivity contribution in [3.05, 3.63) is 11.1 Å². The van der Waals surface area contributed by atoms with Gasteiger partial charge < -0.3 is 5.11 Å². The lowest BCUT2D eigenvalue weighted by molar-refractivity contribution is -0.130. The molecule has 1 fully saturated rings. The summed E-state index contributed by atoms with van der Waals surface area (Å²) >= 11 is 9.80. The fourth-order valence-corrected chi connectivity index (χ4v) is 3.66. The Morgan fingerprint density at radius 2 is 2.41 bits per heavy atom. The Morgan fingerprint density at radius 1 is 1.76 bits per heavy atom. The van der Waals surface area contributed by atoms with Crippen LogP contribution in [0.15, 0.2) is 11.1 Å². The van der Waals surface area contributed by atoms with Gasteiger partial charge in [0.1, 0.15) is 4.32 Å². The molecule has 6 heteroatoms. The van der Waals surface area contributed by atoms with Crippen LogP contribution >= 0.6 is 39.9 Å². The van der Waals surface area contributed by atoms with E-state index in [2.05, 4.69) is 29.8 Å². The topological polar surface area (TPSA) is 40.5 Å². The highest BCUT2D eigenvalue weighted by molar-refractivity contribution is 9.11. The van der Waals surface area contributed by atoms with E-state index in [1.807, 2.05) is 0 Å². The van der Waals surface area contributed by atoms with Gasteiger partial charge in [-0.25, -0.2) is 0 Å². The molecule has 1 N–H and O–H groups in total. The summed E-state index contributed by atoms with van der Waals surface area (Å²) in [6, 6.07) is 0.153. The Morgan fingerprint density at radius 3 is 2.94 bits per heavy atom. The summed E-state index contributed by atoms with van der Waals surface area (Å²) in [6.07, 6.45) is 0.851. The Bertz CT molecular complexity index is 333. The summed E-state index contributed by atoms with van der Waals surface area (Å²) in [4.78, 5) is 15.3. The zero-order chi connectivity index (χ0) is 13.0. The summed E-state index contributed by atoms with van der Waals surface area (Å²) in [5.41, 5.74) is 0. The van der Waals surface area contributed by atoms with Crippen LogP contribution in [-0.2, 0) is 4.79 Å². The quantitative estimate of drug-likeness (QED) is 0.800. The number of aliphatic hydroxyl groups is 1. The molecular weight excluding hydrogens is 322 g/mol. The first-order chi connectivity index (χ1) is 7.97. The maximum Gasteiger partial charge on any atom is 0.231 e. The first-order valence-corrected chi connectivity index (χ1v) is 7.72. The molecule has 3 nitrogen and oxygen atoms in total. The molecule has 1 aliphatic heterocycles. The standard InChI is InChI=1S/C11H16BrNO2S2/c1-7(2)9-6-17-11(16)13(9)10(15)5-8(14)3-4-12/h3-4,7-9,14H,5-6H2,1-2H3/b4-3+/t8-,9+/m1/s1. The fraction of sp³-hybridized carbons (Fsp3) is 0.636. The number of nitrogens with zero attached hydrogens (tertiary/aromatic N) is 1. The Labute approximate surface area is 120 Å². The molecule has 0 aromatic carbocycles. The molecule has 1 aliphatic rings. The van der Waals surface area contributed by atoms with Crippen LogP contribution in [0.25, 0.3) is 0 Å². The fourth-order valence-electron chi connectivity index (χ4n) is 1.64. The molecule has 0 saturated carbocycles. The second-order valence-electron chi connectivity index (χ2n) is 4.24. The minimum Gasteiger partial charge on any atom is -0.388 e. The largest absolute Gasteiger partial charge is 0.388 e. The molecule has 17 heavy (non-hydrogen) atoms. The van der Waals surface area contributed by atoms with Crippen molar-refractivity contribution < 1.29 is 9.90 Å². The van der Waals surface area contributed by atoms with Crippen molar-refractivity contribution in [2.45, 2.75) is 32.4 Å². The minimum absolute atomic E-state index is 0.0754. The van der Waals surface area contributed by atoms with E-state index >= 15 is 0 Å². The average molecular weight is 338 g/mol. The third kappa shape index (κ3) is 4.05. The van der Waals surface area contributed by atoms with Gasteiger partial charge in [-0.3, -0.25) is 9.69 Å². The summed E-state index contributed by atoms with van der Waals surface area (Å²) in [7, 11) is 0. The molecule has 1 amide bonds. The van der Waals surface area contributed by atoms with Gasteiger partial charge in [-0.05, 0) is 17.0 Å². The van der Waals surface area contributed by atoms with E-state index in [1.54, 1.807) is 9.89 Å². The Hall–Kier alpha value is 0.0900. The Balaban J connectivity index is 2.69. The lowest BCUT2D eigenvalue weighted by atomic mass is 10.0. The number of rotatable bonds is 4. The van der Waals surface area contributed by atoms with Crippen LogP contribution in [0.4, 0.5) is 0 Å². The minimum atomic E-state index is -0.761. The van der Waals surface area contributed by atoms with E-state index in [0.717, 1.165) is 5.75 Å². The van der Waals surface area contributed by atoms with Crippen molar-refractivity contribution in [2.24, 2.45) is 5.92 Å². The molecule has 0 aliphatic carbocycles. The number of amides is 1. The molecular formula is C11H16BrNO2S2. The van der Waals surface area contributed by atoms with E-state index in [-0.39, 0.29) is 18.4 Å². The van der Waals surface area contributed by atoms with Crippen LogP contribution in [0.3, 0.4) is 0 Å². The lowest BCUT2D eigenvalue weighted by Gasteiger charge is -2.26. The van der Waals surface area contributed by atoms with Crippen LogP contribution in [-0.4, -0.2) is 38.1 Å². The molecule has 0 bridgehead atoms. The van der Waals surface area contributed by atoms with Gasteiger partial charge in [0.05, 0.1) is 12.5 Å². The van der Waals surface area contributed by atoms with Gasteiger partial charge in [-0.15, -0.1) is 0 Å². The molecule has 0 radical (unpaired) electrons. The number of hydrogen-bond acceptors (Lipinski definition) is 4. The average Bonchev–Trinajstić information content (AvgIpc) is 2.60. The van der Waals surface area contributed by atoms with Crippen LogP contribution in [0, 0.1) is 5.92 Å². The Kier molecular flexibility index (Phi) is 6.12. The monoisotopic (exact) mass is 337 g/mol. The molecule has 0 aromatic heterocycles. The zero-order valence-corrected chi connectivity index (χ0v) is 13.0. The van der Waals surface area contributed by atoms with Crippen molar-refractivity contribution in [3.8, 4) is 0 Å². The van der Waals surface area contributed by atoms with E-state index in [1.165, 1.54) is 17.8 Å². The molecule has 1 rings (SSSR count). The molecule has 1 saturated heterocycles. The summed E-state index contributed by atoms with van der Waals surface area (Å²) in [5, 5.41) is 9.58. The van der Waals surface area contributed by atoms with E-state index in [4.69, 9.17) is 12.2 Å². The van der Waals surface area contributed by atoms with Crippen molar-refractivity contribution in [2.75, 3.05) is 5.75 Å².